The number of esters is 3. The summed E-state index contributed by atoms with van der Waals surface area (Å²) in [5, 5.41) is 11.4. The number of ether oxygens (including phenoxy) is 4. The Labute approximate surface area is 413 Å². The highest BCUT2D eigenvalue weighted by Gasteiger charge is 2.45. The van der Waals surface area contributed by atoms with Crippen molar-refractivity contribution in [2.45, 2.75) is 176 Å². The second-order valence-corrected chi connectivity index (χ2v) is 20.0. The number of methoxy groups -OCH3 is 1. The third-order valence-corrected chi connectivity index (χ3v) is 13.2. The molecule has 19 nitrogen and oxygen atoms in total. The smallest absolute Gasteiger partial charge is 0.329 e. The number of cyclic esters (lactones) is 2. The highest BCUT2D eigenvalue weighted by molar-refractivity contribution is 6.05. The van der Waals surface area contributed by atoms with Crippen molar-refractivity contribution in [3.05, 3.63) is 29.8 Å². The van der Waals surface area contributed by atoms with E-state index in [1.54, 1.807) is 52.1 Å². The van der Waals surface area contributed by atoms with Crippen molar-refractivity contribution in [3.8, 4) is 5.75 Å². The Morgan fingerprint density at radius 3 is 2.07 bits per heavy atom. The molecule has 11 atom stereocenters. The average Bonchev–Trinajstić information content (AvgIpc) is 3.80. The van der Waals surface area contributed by atoms with E-state index in [-0.39, 0.29) is 37.6 Å². The molecule has 0 bridgehead atoms. The molecule has 6 unspecified atom stereocenters. The molecule has 70 heavy (non-hydrogen) atoms. The fraction of sp³-hybridized carbons (Fsp3) is 0.706. The van der Waals surface area contributed by atoms with Crippen LogP contribution < -0.4 is 26.0 Å². The van der Waals surface area contributed by atoms with Crippen LogP contribution in [-0.4, -0.2) is 145 Å². The number of nitrogens with zero attached hydrogens (tertiary/aromatic N) is 2. The van der Waals surface area contributed by atoms with E-state index >= 15 is 0 Å². The minimum atomic E-state index is -1.57. The van der Waals surface area contributed by atoms with Crippen molar-refractivity contribution in [1.82, 2.24) is 31.1 Å². The summed E-state index contributed by atoms with van der Waals surface area (Å²) in [6, 6.07) is -0.103. The molecule has 0 aliphatic carbocycles. The van der Waals surface area contributed by atoms with E-state index in [1.807, 2.05) is 34.6 Å². The topological polar surface area (TPSA) is 245 Å². The predicted molar refractivity (Wildman–Crippen MR) is 260 cm³/mol. The summed E-state index contributed by atoms with van der Waals surface area (Å²) < 4.78 is 22.9. The quantitative estimate of drug-likeness (QED) is 0.119. The van der Waals surface area contributed by atoms with Gasteiger partial charge in [0.05, 0.1) is 31.5 Å². The molecule has 2 aliphatic rings. The molecule has 2 heterocycles. The third kappa shape index (κ3) is 16.2. The normalized spacial score (nSPS) is 27.0. The van der Waals surface area contributed by atoms with Crippen molar-refractivity contribution in [2.75, 3.05) is 27.7 Å². The molecule has 19 heteroatoms. The number of fused-ring (bicyclic) bond motifs is 1. The minimum Gasteiger partial charge on any atom is -0.497 e. The molecule has 2 aliphatic heterocycles. The van der Waals surface area contributed by atoms with Gasteiger partial charge >= 0.3 is 17.9 Å². The summed E-state index contributed by atoms with van der Waals surface area (Å²) in [7, 11) is 4.54. The van der Waals surface area contributed by atoms with Gasteiger partial charge in [0.15, 0.2) is 11.9 Å². The first-order valence-electron chi connectivity index (χ1n) is 24.7. The number of Topliss-reactive ketones (excluding diaryl/α,β-unsaturated/α-hetero) is 1. The van der Waals surface area contributed by atoms with E-state index in [1.165, 1.54) is 37.8 Å². The van der Waals surface area contributed by atoms with Gasteiger partial charge in [-0.2, -0.15) is 0 Å². The summed E-state index contributed by atoms with van der Waals surface area (Å²) in [6.07, 6.45) is -3.24. The van der Waals surface area contributed by atoms with Crippen LogP contribution in [0.2, 0.25) is 0 Å². The number of carbonyl (C=O) groups is 9. The number of rotatable bonds is 14. The third-order valence-electron chi connectivity index (χ3n) is 13.2. The van der Waals surface area contributed by atoms with Gasteiger partial charge in [-0.15, -0.1) is 0 Å². The first kappa shape index (κ1) is 58.7. The Hall–Kier alpha value is -5.59. The van der Waals surface area contributed by atoms with E-state index in [0.29, 0.717) is 30.6 Å². The van der Waals surface area contributed by atoms with Crippen LogP contribution in [-0.2, 0) is 63.8 Å². The van der Waals surface area contributed by atoms with Gasteiger partial charge in [-0.25, -0.2) is 4.79 Å². The van der Waals surface area contributed by atoms with E-state index in [9.17, 15) is 43.2 Å². The second-order valence-electron chi connectivity index (χ2n) is 20.0. The zero-order valence-electron chi connectivity index (χ0n) is 43.8. The van der Waals surface area contributed by atoms with Gasteiger partial charge in [0, 0.05) is 26.9 Å². The summed E-state index contributed by atoms with van der Waals surface area (Å²) in [5.74, 6) is -8.75. The molecule has 0 radical (unpaired) electrons. The number of nitrogens with one attached hydrogen (secondary N) is 4. The molecule has 1 aromatic carbocycles. The number of hydrogen-bond acceptors (Lipinski definition) is 14. The summed E-state index contributed by atoms with van der Waals surface area (Å²) in [5.41, 5.74) is 0.620. The lowest BCUT2D eigenvalue weighted by Crippen LogP contribution is -2.61. The first-order chi connectivity index (χ1) is 32.8. The lowest BCUT2D eigenvalue weighted by Gasteiger charge is -2.35. The maximum Gasteiger partial charge on any atom is 0.329 e. The minimum absolute atomic E-state index is 0.0626. The SMILES string of the molecule is CC[C@H](C)C1NC(=O)C(NC(=O)[C@@H](CC(C)C)NC)C(C)OC(=O)C(Cc2ccc(OC)cc2)N(C)C(=O)[C@@H]2CCCN2C(=O)C(CC(C)C)NC(=O)[C@@H](C)C(=O)C(C(C)C)OC(=O)C[C@@H]1OC(C)=O. The monoisotopic (exact) mass is 985 g/mol. The van der Waals surface area contributed by atoms with E-state index in [2.05, 4.69) is 21.3 Å². The van der Waals surface area contributed by atoms with E-state index in [0.717, 1.165) is 6.92 Å². The molecule has 0 spiro atoms. The Kier molecular flexibility index (Phi) is 22.8. The van der Waals surface area contributed by atoms with Crippen LogP contribution in [0, 0.1) is 29.6 Å². The van der Waals surface area contributed by atoms with Crippen LogP contribution in [0.3, 0.4) is 0 Å². The number of amides is 5. The summed E-state index contributed by atoms with van der Waals surface area (Å²) in [4.78, 5) is 130. The van der Waals surface area contributed by atoms with Crippen molar-refractivity contribution in [2.24, 2.45) is 29.6 Å². The number of benzene rings is 1. The zero-order chi connectivity index (χ0) is 52.7. The second kappa shape index (κ2) is 27.1. The molecule has 4 N–H and O–H groups in total. The molecule has 392 valence electrons. The highest BCUT2D eigenvalue weighted by Crippen LogP contribution is 2.26. The number of carbonyl (C=O) groups excluding carboxylic acids is 9. The van der Waals surface area contributed by atoms with Gasteiger partial charge in [-0.05, 0) is 87.9 Å². The van der Waals surface area contributed by atoms with Gasteiger partial charge in [-0.1, -0.05) is 73.9 Å². The maximum absolute atomic E-state index is 14.8. The van der Waals surface area contributed by atoms with Crippen LogP contribution in [0.15, 0.2) is 24.3 Å². The Morgan fingerprint density at radius 2 is 1.53 bits per heavy atom. The number of ketones is 1. The van der Waals surface area contributed by atoms with Crippen molar-refractivity contribution in [3.63, 3.8) is 0 Å². The van der Waals surface area contributed by atoms with Crippen molar-refractivity contribution < 1.29 is 62.1 Å². The van der Waals surface area contributed by atoms with Crippen LogP contribution >= 0.6 is 0 Å². The predicted octanol–water partition coefficient (Wildman–Crippen LogP) is 3.28. The van der Waals surface area contributed by atoms with Gasteiger partial charge in [0.25, 0.3) is 0 Å². The van der Waals surface area contributed by atoms with Crippen LogP contribution in [0.5, 0.6) is 5.75 Å². The zero-order valence-corrected chi connectivity index (χ0v) is 43.8. The summed E-state index contributed by atoms with van der Waals surface area (Å²) in [6.45, 7) is 18.5. The van der Waals surface area contributed by atoms with Crippen LogP contribution in [0.25, 0.3) is 0 Å². The van der Waals surface area contributed by atoms with E-state index in [4.69, 9.17) is 18.9 Å². The van der Waals surface area contributed by atoms with Crippen molar-refractivity contribution >= 4 is 53.2 Å². The molecule has 5 amide bonds. The maximum atomic E-state index is 14.8. The first-order valence-corrected chi connectivity index (χ1v) is 24.7. The van der Waals surface area contributed by atoms with Crippen molar-refractivity contribution in [1.29, 1.82) is 0 Å². The van der Waals surface area contributed by atoms with Gasteiger partial charge in [-0.3, -0.25) is 38.4 Å². The van der Waals surface area contributed by atoms with Gasteiger partial charge in [0.1, 0.15) is 42.1 Å². The van der Waals surface area contributed by atoms with Gasteiger partial charge < -0.3 is 50.0 Å². The molecule has 1 aromatic rings. The highest BCUT2D eigenvalue weighted by atomic mass is 16.6. The summed E-state index contributed by atoms with van der Waals surface area (Å²) >= 11 is 0. The molecule has 2 fully saturated rings. The Bertz CT molecular complexity index is 1990. The molecule has 3 rings (SSSR count). The van der Waals surface area contributed by atoms with Crippen LogP contribution in [0.4, 0.5) is 0 Å². The fourth-order valence-corrected chi connectivity index (χ4v) is 8.85. The largest absolute Gasteiger partial charge is 0.497 e. The van der Waals surface area contributed by atoms with Crippen LogP contribution in [0.1, 0.15) is 120 Å². The van der Waals surface area contributed by atoms with E-state index < -0.39 is 132 Å². The standard InChI is InChI=1S/C51H80N6O13/c1-15-30(8)42-40(69-33(11)58)26-41(59)70-45(29(6)7)44(60)31(9)46(61)53-37(24-28(4)5)49(64)57-22-16-17-38(57)50(65)56(13)39(25-34-18-20-35(67-14)21-19-34)51(66)68-32(10)43(48(63)54-42)55-47(62)36(52-12)23-27(2)3/h18-21,27-32,36-40,42-43,45,52H,15-17,22-26H2,1-14H3,(H,53,61)(H,54,63)(H,55,62)/t30-,31-,32?,36+,37?,38-,39?,40-,42?,43?,45?/m0/s1. The lowest BCUT2D eigenvalue weighted by molar-refractivity contribution is -0.166. The fourth-order valence-electron chi connectivity index (χ4n) is 8.85. The average molecular weight is 985 g/mol. The Morgan fingerprint density at radius 1 is 0.886 bits per heavy atom. The lowest BCUT2D eigenvalue weighted by atomic mass is 9.91. The van der Waals surface area contributed by atoms with Gasteiger partial charge in [0.2, 0.25) is 29.5 Å². The molecular formula is C51H80N6O13. The number of hydrogen-bond donors (Lipinski definition) is 4. The molecule has 0 aromatic heterocycles. The molecule has 0 saturated carbocycles. The number of likely N-dealkylation sites (N-methyl/N-ethyl adjacent to an activating group) is 2. The molecular weight excluding hydrogens is 905 g/mol. The Balaban J connectivity index is 2.30. The molecule has 2 saturated heterocycles.